The molecule has 4 rings (SSSR count). The van der Waals surface area contributed by atoms with Crippen molar-refractivity contribution < 1.29 is 9.59 Å². The van der Waals surface area contributed by atoms with Gasteiger partial charge in [-0.05, 0) is 43.3 Å². The predicted octanol–water partition coefficient (Wildman–Crippen LogP) is 2.02. The SMILES string of the molecule is Cc1nc2c(cnn2-c2ccccc2)c(=O)n1CCC(=O)Nc1ccc(C(N)=O)cc1. The zero-order chi connectivity index (χ0) is 22.0. The number of hydrogen-bond donors (Lipinski definition) is 2. The van der Waals surface area contributed by atoms with E-state index in [1.165, 1.54) is 22.9 Å². The Balaban J connectivity index is 1.51. The molecular formula is C22H20N6O3. The number of benzene rings is 2. The number of fused-ring (bicyclic) bond motifs is 1. The third kappa shape index (κ3) is 4.06. The molecule has 0 saturated heterocycles. The summed E-state index contributed by atoms with van der Waals surface area (Å²) in [7, 11) is 0. The fourth-order valence-corrected chi connectivity index (χ4v) is 3.28. The van der Waals surface area contributed by atoms with Crippen LogP contribution in [0.5, 0.6) is 0 Å². The lowest BCUT2D eigenvalue weighted by molar-refractivity contribution is -0.116. The van der Waals surface area contributed by atoms with Crippen LogP contribution in [0.1, 0.15) is 22.6 Å². The number of amides is 2. The Morgan fingerprint density at radius 1 is 1.06 bits per heavy atom. The van der Waals surface area contributed by atoms with Crippen LogP contribution in [0, 0.1) is 6.92 Å². The van der Waals surface area contributed by atoms with Gasteiger partial charge < -0.3 is 11.1 Å². The third-order valence-corrected chi connectivity index (χ3v) is 4.89. The average molecular weight is 416 g/mol. The Morgan fingerprint density at radius 2 is 1.77 bits per heavy atom. The molecule has 0 bridgehead atoms. The minimum absolute atomic E-state index is 0.0817. The zero-order valence-electron chi connectivity index (χ0n) is 16.8. The summed E-state index contributed by atoms with van der Waals surface area (Å²) in [5, 5.41) is 7.43. The molecule has 31 heavy (non-hydrogen) atoms. The van der Waals surface area contributed by atoms with E-state index in [1.54, 1.807) is 23.7 Å². The molecule has 2 aromatic carbocycles. The van der Waals surface area contributed by atoms with Crippen LogP contribution in [-0.2, 0) is 11.3 Å². The summed E-state index contributed by atoms with van der Waals surface area (Å²) in [4.78, 5) is 41.0. The average Bonchev–Trinajstić information content (AvgIpc) is 3.18. The highest BCUT2D eigenvalue weighted by atomic mass is 16.2. The van der Waals surface area contributed by atoms with Gasteiger partial charge in [0.05, 0.1) is 11.9 Å². The first kappa shape index (κ1) is 20.0. The van der Waals surface area contributed by atoms with Crippen LogP contribution in [0.15, 0.2) is 65.6 Å². The molecule has 0 saturated carbocycles. The van der Waals surface area contributed by atoms with E-state index in [1.807, 2.05) is 30.3 Å². The minimum Gasteiger partial charge on any atom is -0.366 e. The Hall–Kier alpha value is -4.27. The number of rotatable bonds is 6. The summed E-state index contributed by atoms with van der Waals surface area (Å²) in [6.07, 6.45) is 1.58. The van der Waals surface area contributed by atoms with E-state index in [-0.39, 0.29) is 24.4 Å². The normalized spacial score (nSPS) is 10.9. The van der Waals surface area contributed by atoms with Crippen molar-refractivity contribution in [3.63, 3.8) is 0 Å². The fraction of sp³-hybridized carbons (Fsp3) is 0.136. The van der Waals surface area contributed by atoms with Crippen LogP contribution in [0.3, 0.4) is 0 Å². The quantitative estimate of drug-likeness (QED) is 0.497. The molecule has 9 nitrogen and oxygen atoms in total. The second-order valence-corrected chi connectivity index (χ2v) is 6.98. The summed E-state index contributed by atoms with van der Waals surface area (Å²) >= 11 is 0. The largest absolute Gasteiger partial charge is 0.366 e. The van der Waals surface area contributed by atoms with Crippen LogP contribution in [-0.4, -0.2) is 31.1 Å². The van der Waals surface area contributed by atoms with Crippen LogP contribution < -0.4 is 16.6 Å². The second-order valence-electron chi connectivity index (χ2n) is 6.98. The molecule has 2 amide bonds. The van der Waals surface area contributed by atoms with Gasteiger partial charge in [0.1, 0.15) is 11.2 Å². The topological polar surface area (TPSA) is 125 Å². The Kier molecular flexibility index (Phi) is 5.31. The Morgan fingerprint density at radius 3 is 2.45 bits per heavy atom. The molecule has 0 radical (unpaired) electrons. The van der Waals surface area contributed by atoms with Crippen molar-refractivity contribution in [3.8, 4) is 5.69 Å². The molecule has 156 valence electrons. The minimum atomic E-state index is -0.536. The number of primary amides is 1. The first-order valence-electron chi connectivity index (χ1n) is 9.64. The number of aromatic nitrogens is 4. The highest BCUT2D eigenvalue weighted by Gasteiger charge is 2.15. The molecule has 0 fully saturated rings. The summed E-state index contributed by atoms with van der Waals surface area (Å²) in [6.45, 7) is 1.90. The zero-order valence-corrected chi connectivity index (χ0v) is 16.8. The van der Waals surface area contributed by atoms with Crippen molar-refractivity contribution in [3.05, 3.63) is 82.5 Å². The smallest absolute Gasteiger partial charge is 0.264 e. The maximum atomic E-state index is 13.0. The molecule has 0 unspecified atom stereocenters. The van der Waals surface area contributed by atoms with Gasteiger partial charge in [0, 0.05) is 24.2 Å². The Labute approximate surface area is 177 Å². The number of carbonyl (C=O) groups excluding carboxylic acids is 2. The summed E-state index contributed by atoms with van der Waals surface area (Å²) < 4.78 is 3.09. The van der Waals surface area contributed by atoms with Crippen LogP contribution in [0.25, 0.3) is 16.7 Å². The van der Waals surface area contributed by atoms with Gasteiger partial charge in [-0.1, -0.05) is 18.2 Å². The molecule has 2 aromatic heterocycles. The second kappa shape index (κ2) is 8.23. The van der Waals surface area contributed by atoms with E-state index in [0.717, 1.165) is 5.69 Å². The van der Waals surface area contributed by atoms with Gasteiger partial charge in [0.15, 0.2) is 5.65 Å². The van der Waals surface area contributed by atoms with Gasteiger partial charge in [-0.3, -0.25) is 19.0 Å². The van der Waals surface area contributed by atoms with Gasteiger partial charge in [0.25, 0.3) is 5.56 Å². The van der Waals surface area contributed by atoms with Crippen molar-refractivity contribution >= 4 is 28.5 Å². The van der Waals surface area contributed by atoms with E-state index in [0.29, 0.717) is 28.1 Å². The number of anilines is 1. The van der Waals surface area contributed by atoms with Gasteiger partial charge >= 0.3 is 0 Å². The molecule has 3 N–H and O–H groups in total. The monoisotopic (exact) mass is 416 g/mol. The lowest BCUT2D eigenvalue weighted by Gasteiger charge is -2.11. The first-order valence-corrected chi connectivity index (χ1v) is 9.64. The van der Waals surface area contributed by atoms with Gasteiger partial charge in [-0.15, -0.1) is 0 Å². The van der Waals surface area contributed by atoms with Crippen molar-refractivity contribution in [2.24, 2.45) is 5.73 Å². The molecule has 2 heterocycles. The van der Waals surface area contributed by atoms with Crippen molar-refractivity contribution in [1.82, 2.24) is 19.3 Å². The number of nitrogens with zero attached hydrogens (tertiary/aromatic N) is 4. The van der Waals surface area contributed by atoms with E-state index in [2.05, 4.69) is 15.4 Å². The predicted molar refractivity (Wildman–Crippen MR) is 116 cm³/mol. The van der Waals surface area contributed by atoms with E-state index in [4.69, 9.17) is 5.73 Å². The molecule has 0 atom stereocenters. The molecular weight excluding hydrogens is 396 g/mol. The lowest BCUT2D eigenvalue weighted by Crippen LogP contribution is -2.26. The highest BCUT2D eigenvalue weighted by molar-refractivity contribution is 5.94. The number of hydrogen-bond acceptors (Lipinski definition) is 5. The molecule has 0 aliphatic heterocycles. The van der Waals surface area contributed by atoms with Crippen LogP contribution >= 0.6 is 0 Å². The number of carbonyl (C=O) groups is 2. The number of para-hydroxylation sites is 1. The summed E-state index contributed by atoms with van der Waals surface area (Å²) in [5.41, 5.74) is 7.14. The Bertz CT molecular complexity index is 1320. The number of nitrogens with one attached hydrogen (secondary N) is 1. The number of aryl methyl sites for hydroxylation is 1. The van der Waals surface area contributed by atoms with E-state index < -0.39 is 5.91 Å². The van der Waals surface area contributed by atoms with Crippen molar-refractivity contribution in [2.75, 3.05) is 5.32 Å². The van der Waals surface area contributed by atoms with E-state index in [9.17, 15) is 14.4 Å². The highest BCUT2D eigenvalue weighted by Crippen LogP contribution is 2.15. The number of nitrogens with two attached hydrogens (primary N) is 1. The fourth-order valence-electron chi connectivity index (χ4n) is 3.28. The standard InChI is InChI=1S/C22H20N6O3/c1-14-25-21-18(13-24-28(21)17-5-3-2-4-6-17)22(31)27(14)12-11-19(29)26-16-9-7-15(8-10-16)20(23)30/h2-10,13H,11-12H2,1H3,(H2,23,30)(H,26,29). The van der Waals surface area contributed by atoms with Gasteiger partial charge in [0.2, 0.25) is 11.8 Å². The summed E-state index contributed by atoms with van der Waals surface area (Å²) in [6, 6.07) is 15.7. The maximum Gasteiger partial charge on any atom is 0.264 e. The van der Waals surface area contributed by atoms with Gasteiger partial charge in [-0.2, -0.15) is 5.10 Å². The molecule has 0 aliphatic rings. The molecule has 0 spiro atoms. The van der Waals surface area contributed by atoms with Crippen LogP contribution in [0.2, 0.25) is 0 Å². The van der Waals surface area contributed by atoms with Crippen molar-refractivity contribution in [2.45, 2.75) is 19.9 Å². The van der Waals surface area contributed by atoms with E-state index >= 15 is 0 Å². The molecule has 4 aromatic rings. The third-order valence-electron chi connectivity index (χ3n) is 4.89. The van der Waals surface area contributed by atoms with Gasteiger partial charge in [-0.25, -0.2) is 9.67 Å². The lowest BCUT2D eigenvalue weighted by atomic mass is 10.2. The van der Waals surface area contributed by atoms with Crippen molar-refractivity contribution in [1.29, 1.82) is 0 Å². The molecule has 0 aliphatic carbocycles. The first-order chi connectivity index (χ1) is 14.9. The van der Waals surface area contributed by atoms with Crippen LogP contribution in [0.4, 0.5) is 5.69 Å². The summed E-state index contributed by atoms with van der Waals surface area (Å²) in [5.74, 6) is -0.307. The molecule has 9 heteroatoms. The maximum absolute atomic E-state index is 13.0.